The van der Waals surface area contributed by atoms with Gasteiger partial charge in [0.1, 0.15) is 0 Å². The lowest BCUT2D eigenvalue weighted by Crippen LogP contribution is -2.06. The number of hydrogen-bond donors (Lipinski definition) is 1. The minimum Gasteiger partial charge on any atom is -0.330 e. The van der Waals surface area contributed by atoms with Crippen molar-refractivity contribution in [2.75, 3.05) is 6.54 Å². The lowest BCUT2D eigenvalue weighted by Gasteiger charge is -2.08. The van der Waals surface area contributed by atoms with Crippen molar-refractivity contribution >= 4 is 0 Å². The largest absolute Gasteiger partial charge is 0.330 e. The van der Waals surface area contributed by atoms with Gasteiger partial charge in [-0.3, -0.25) is 0 Å². The highest BCUT2D eigenvalue weighted by atomic mass is 19.3. The maximum atomic E-state index is 12.9. The van der Waals surface area contributed by atoms with Crippen LogP contribution in [0.5, 0.6) is 0 Å². The predicted octanol–water partition coefficient (Wildman–Crippen LogP) is 2.46. The first-order valence-corrected chi connectivity index (χ1v) is 4.36. The standard InChI is InChI=1S/C10H12F3N/c11-9(10(12)13)8-3-1-2-7(6-8)4-5-14/h1-3,6,9-10H,4-5,14H2. The Hall–Kier alpha value is -1.03. The summed E-state index contributed by atoms with van der Waals surface area (Å²) >= 11 is 0. The molecule has 0 saturated carbocycles. The number of hydrogen-bond acceptors (Lipinski definition) is 1. The molecule has 0 amide bonds. The molecule has 1 unspecified atom stereocenters. The van der Waals surface area contributed by atoms with E-state index in [9.17, 15) is 13.2 Å². The van der Waals surface area contributed by atoms with E-state index >= 15 is 0 Å². The van der Waals surface area contributed by atoms with Crippen molar-refractivity contribution in [2.45, 2.75) is 19.0 Å². The summed E-state index contributed by atoms with van der Waals surface area (Å²) in [6.07, 6.45) is -4.60. The van der Waals surface area contributed by atoms with Crippen LogP contribution in [0.1, 0.15) is 17.3 Å². The lowest BCUT2D eigenvalue weighted by molar-refractivity contribution is 0.0495. The minimum atomic E-state index is -2.97. The molecule has 1 nitrogen and oxygen atoms in total. The van der Waals surface area contributed by atoms with Gasteiger partial charge in [-0.15, -0.1) is 0 Å². The van der Waals surface area contributed by atoms with Crippen molar-refractivity contribution in [3.63, 3.8) is 0 Å². The van der Waals surface area contributed by atoms with Crippen LogP contribution < -0.4 is 5.73 Å². The van der Waals surface area contributed by atoms with Gasteiger partial charge in [0.25, 0.3) is 6.43 Å². The van der Waals surface area contributed by atoms with Gasteiger partial charge in [-0.1, -0.05) is 24.3 Å². The summed E-state index contributed by atoms with van der Waals surface area (Å²) in [7, 11) is 0. The van der Waals surface area contributed by atoms with Gasteiger partial charge in [-0.05, 0) is 24.1 Å². The summed E-state index contributed by atoms with van der Waals surface area (Å²) in [6.45, 7) is 0.426. The van der Waals surface area contributed by atoms with Gasteiger partial charge in [-0.2, -0.15) is 0 Å². The fourth-order valence-corrected chi connectivity index (χ4v) is 1.23. The van der Waals surface area contributed by atoms with Crippen molar-refractivity contribution in [3.05, 3.63) is 35.4 Å². The van der Waals surface area contributed by atoms with Gasteiger partial charge in [0.2, 0.25) is 0 Å². The first-order chi connectivity index (χ1) is 6.65. The Kier molecular flexibility index (Phi) is 3.95. The van der Waals surface area contributed by atoms with Crippen LogP contribution in [0.2, 0.25) is 0 Å². The smallest absolute Gasteiger partial charge is 0.273 e. The van der Waals surface area contributed by atoms with Gasteiger partial charge < -0.3 is 5.73 Å². The molecule has 1 aromatic rings. The molecule has 2 N–H and O–H groups in total. The fourth-order valence-electron chi connectivity index (χ4n) is 1.23. The Balaban J connectivity index is 2.82. The molecule has 0 heterocycles. The van der Waals surface area contributed by atoms with Crippen molar-refractivity contribution in [3.8, 4) is 0 Å². The minimum absolute atomic E-state index is 0.0194. The zero-order chi connectivity index (χ0) is 10.6. The van der Waals surface area contributed by atoms with Crippen molar-refractivity contribution in [1.82, 2.24) is 0 Å². The normalized spacial score (nSPS) is 13.2. The number of halogens is 3. The number of benzene rings is 1. The summed E-state index contributed by atoms with van der Waals surface area (Å²) in [5, 5.41) is 0. The molecule has 1 atom stereocenters. The number of rotatable bonds is 4. The summed E-state index contributed by atoms with van der Waals surface area (Å²) in [6, 6.07) is 6.10. The SMILES string of the molecule is NCCc1cccc(C(F)C(F)F)c1. The molecule has 0 bridgehead atoms. The maximum Gasteiger partial charge on any atom is 0.273 e. The molecule has 0 aliphatic heterocycles. The molecule has 14 heavy (non-hydrogen) atoms. The van der Waals surface area contributed by atoms with E-state index in [1.54, 1.807) is 12.1 Å². The molecule has 0 fully saturated rings. The van der Waals surface area contributed by atoms with Crippen LogP contribution in [0, 0.1) is 0 Å². The Labute approximate surface area is 80.7 Å². The topological polar surface area (TPSA) is 26.0 Å². The van der Waals surface area contributed by atoms with Crippen LogP contribution in [0.3, 0.4) is 0 Å². The second-order valence-corrected chi connectivity index (χ2v) is 3.02. The van der Waals surface area contributed by atoms with Crippen LogP contribution in [-0.4, -0.2) is 13.0 Å². The molecule has 0 aromatic heterocycles. The van der Waals surface area contributed by atoms with Crippen LogP contribution in [0.25, 0.3) is 0 Å². The molecule has 0 aliphatic carbocycles. The van der Waals surface area contributed by atoms with Gasteiger partial charge in [-0.25, -0.2) is 13.2 Å². The van der Waals surface area contributed by atoms with Crippen LogP contribution in [-0.2, 0) is 6.42 Å². The summed E-state index contributed by atoms with van der Waals surface area (Å²) in [5.41, 5.74) is 6.11. The quantitative estimate of drug-likeness (QED) is 0.799. The first kappa shape index (κ1) is 11.0. The van der Waals surface area contributed by atoms with E-state index in [1.165, 1.54) is 12.1 Å². The average Bonchev–Trinajstić information content (AvgIpc) is 2.17. The zero-order valence-corrected chi connectivity index (χ0v) is 7.59. The summed E-state index contributed by atoms with van der Waals surface area (Å²) < 4.78 is 37.0. The predicted molar refractivity (Wildman–Crippen MR) is 49.1 cm³/mol. The summed E-state index contributed by atoms with van der Waals surface area (Å²) in [4.78, 5) is 0. The Morgan fingerprint density at radius 3 is 2.50 bits per heavy atom. The van der Waals surface area contributed by atoms with Gasteiger partial charge in [0.05, 0.1) is 0 Å². The number of nitrogens with two attached hydrogens (primary N) is 1. The van der Waals surface area contributed by atoms with Crippen molar-refractivity contribution < 1.29 is 13.2 Å². The highest BCUT2D eigenvalue weighted by molar-refractivity contribution is 5.25. The third-order valence-electron chi connectivity index (χ3n) is 1.92. The molecule has 78 valence electrons. The molecule has 0 spiro atoms. The lowest BCUT2D eigenvalue weighted by atomic mass is 10.1. The van der Waals surface area contributed by atoms with Crippen molar-refractivity contribution in [2.24, 2.45) is 5.73 Å². The second kappa shape index (κ2) is 5.00. The van der Waals surface area contributed by atoms with E-state index in [0.717, 1.165) is 5.56 Å². The van der Waals surface area contributed by atoms with E-state index in [2.05, 4.69) is 0 Å². The van der Waals surface area contributed by atoms with Crippen LogP contribution >= 0.6 is 0 Å². The third-order valence-corrected chi connectivity index (χ3v) is 1.92. The first-order valence-electron chi connectivity index (χ1n) is 4.36. The van der Waals surface area contributed by atoms with Gasteiger partial charge >= 0.3 is 0 Å². The third kappa shape index (κ3) is 2.73. The Morgan fingerprint density at radius 1 is 1.21 bits per heavy atom. The van der Waals surface area contributed by atoms with Gasteiger partial charge in [0, 0.05) is 0 Å². The van der Waals surface area contributed by atoms with E-state index in [0.29, 0.717) is 13.0 Å². The summed E-state index contributed by atoms with van der Waals surface area (Å²) in [5.74, 6) is 0. The second-order valence-electron chi connectivity index (χ2n) is 3.02. The average molecular weight is 203 g/mol. The molecule has 4 heteroatoms. The Morgan fingerprint density at radius 2 is 1.93 bits per heavy atom. The molecule has 0 aliphatic rings. The molecule has 0 radical (unpaired) electrons. The highest BCUT2D eigenvalue weighted by Crippen LogP contribution is 2.25. The van der Waals surface area contributed by atoms with Crippen LogP contribution in [0.4, 0.5) is 13.2 Å². The van der Waals surface area contributed by atoms with Crippen molar-refractivity contribution in [1.29, 1.82) is 0 Å². The van der Waals surface area contributed by atoms with Crippen LogP contribution in [0.15, 0.2) is 24.3 Å². The molecular formula is C10H12F3N. The highest BCUT2D eigenvalue weighted by Gasteiger charge is 2.21. The molecule has 1 aromatic carbocycles. The van der Waals surface area contributed by atoms with Gasteiger partial charge in [0.15, 0.2) is 6.17 Å². The molecule has 0 saturated heterocycles. The Bertz CT molecular complexity index is 288. The maximum absolute atomic E-state index is 12.9. The zero-order valence-electron chi connectivity index (χ0n) is 7.59. The number of alkyl halides is 3. The van der Waals surface area contributed by atoms with E-state index < -0.39 is 12.6 Å². The monoisotopic (exact) mass is 203 g/mol. The fraction of sp³-hybridized carbons (Fsp3) is 0.400. The molecule has 1 rings (SSSR count). The molecular weight excluding hydrogens is 191 g/mol. The van der Waals surface area contributed by atoms with E-state index in [1.807, 2.05) is 0 Å². The van der Waals surface area contributed by atoms with E-state index in [4.69, 9.17) is 5.73 Å². The van der Waals surface area contributed by atoms with E-state index in [-0.39, 0.29) is 5.56 Å².